The van der Waals surface area contributed by atoms with Crippen molar-refractivity contribution in [1.29, 1.82) is 0 Å². The summed E-state index contributed by atoms with van der Waals surface area (Å²) < 4.78 is 98.4. The first-order chi connectivity index (χ1) is 23.6. The van der Waals surface area contributed by atoms with E-state index in [9.17, 15) is 26.3 Å². The van der Waals surface area contributed by atoms with Crippen LogP contribution in [0.1, 0.15) is 107 Å². The molecule has 0 aromatic rings. The molecule has 12 heteroatoms. The van der Waals surface area contributed by atoms with Gasteiger partial charge >= 0.3 is 12.4 Å². The maximum Gasteiger partial charge on any atom is 0.391 e. The second-order valence-electron chi connectivity index (χ2n) is 19.3. The maximum atomic E-state index is 14.3. The molecule has 2 aliphatic carbocycles. The van der Waals surface area contributed by atoms with E-state index in [1.807, 2.05) is 55.4 Å². The van der Waals surface area contributed by atoms with Gasteiger partial charge in [0.15, 0.2) is 16.6 Å². The van der Waals surface area contributed by atoms with Gasteiger partial charge in [-0.3, -0.25) is 9.98 Å². The van der Waals surface area contributed by atoms with Crippen LogP contribution in [0.15, 0.2) is 9.98 Å². The molecule has 2 saturated carbocycles. The fourth-order valence-electron chi connectivity index (χ4n) is 8.45. The molecule has 4 atom stereocenters. The molecule has 2 fully saturated rings. The lowest BCUT2D eigenvalue weighted by molar-refractivity contribution is -0.195. The third kappa shape index (κ3) is 15.1. The van der Waals surface area contributed by atoms with Crippen molar-refractivity contribution >= 4 is 28.1 Å². The van der Waals surface area contributed by atoms with Crippen molar-refractivity contribution in [3.05, 3.63) is 0 Å². The van der Waals surface area contributed by atoms with E-state index >= 15 is 0 Å². The summed E-state index contributed by atoms with van der Waals surface area (Å²) in [5, 5.41) is 0. The minimum atomic E-state index is -4.26. The third-order valence-corrected chi connectivity index (χ3v) is 13.6. The molecule has 0 aromatic heterocycles. The molecule has 2 rings (SSSR count). The molecule has 0 N–H and O–H groups in total. The van der Waals surface area contributed by atoms with E-state index in [-0.39, 0.29) is 85.1 Å². The first kappa shape index (κ1) is 47.4. The SMILES string of the molecule is CC(C)C1CC(C(F)(F)F)CC(C(C)C)C1N=C(CCCO[Si](C)(C)C)C(CCCO[Si](C)(C)C)=NC1C(C(C)C)CC(C(F)(F)F)CC1C(C)C. The number of hydrogen-bond donors (Lipinski definition) is 0. The van der Waals surface area contributed by atoms with Crippen molar-refractivity contribution in [1.82, 2.24) is 0 Å². The molecule has 306 valence electrons. The summed E-state index contributed by atoms with van der Waals surface area (Å²) in [5.41, 5.74) is 1.61. The van der Waals surface area contributed by atoms with Crippen LogP contribution in [0.4, 0.5) is 26.3 Å². The van der Waals surface area contributed by atoms with Gasteiger partial charge in [-0.25, -0.2) is 0 Å². The Morgan fingerprint density at radius 1 is 0.519 bits per heavy atom. The van der Waals surface area contributed by atoms with Crippen LogP contribution in [0.25, 0.3) is 0 Å². The molecule has 0 amide bonds. The topological polar surface area (TPSA) is 43.2 Å². The Morgan fingerprint density at radius 2 is 0.769 bits per heavy atom. The third-order valence-electron chi connectivity index (χ3n) is 11.5. The van der Waals surface area contributed by atoms with Crippen LogP contribution in [0.2, 0.25) is 39.3 Å². The Balaban J connectivity index is 2.82. The van der Waals surface area contributed by atoms with Crippen molar-refractivity contribution in [3.63, 3.8) is 0 Å². The molecule has 4 unspecified atom stereocenters. The average molecular weight is 785 g/mol. The van der Waals surface area contributed by atoms with E-state index in [4.69, 9.17) is 18.8 Å². The Labute approximate surface area is 315 Å². The van der Waals surface area contributed by atoms with Gasteiger partial charge in [0.05, 0.1) is 35.3 Å². The predicted octanol–water partition coefficient (Wildman–Crippen LogP) is 12.9. The molecule has 0 saturated heterocycles. The standard InChI is InChI=1S/C40H74F6N2O2Si2/c1-25(2)31-21-29(39(41,42)43)22-32(26(3)4)37(31)47-35(17-15-19-49-51(9,10)11)36(18-16-20-50-52(12,13)14)48-38-33(27(5)6)23-30(40(44,45)46)24-34(38)28(7)8/h25-34,37-38H,15-24H2,1-14H3. The maximum absolute atomic E-state index is 14.3. The number of rotatable bonds is 17. The number of alkyl halides is 6. The largest absolute Gasteiger partial charge is 0.418 e. The van der Waals surface area contributed by atoms with Gasteiger partial charge in [0.25, 0.3) is 0 Å². The Hall–Kier alpha value is -0.726. The summed E-state index contributed by atoms with van der Waals surface area (Å²) in [7, 11) is -3.60. The molecular formula is C40H74F6N2O2Si2. The van der Waals surface area contributed by atoms with Crippen LogP contribution < -0.4 is 0 Å². The molecule has 2 aliphatic rings. The second kappa shape index (κ2) is 19.4. The van der Waals surface area contributed by atoms with Gasteiger partial charge in [-0.2, -0.15) is 26.3 Å². The molecule has 0 spiro atoms. The van der Waals surface area contributed by atoms with Crippen LogP contribution in [-0.2, 0) is 8.85 Å². The molecule has 0 bridgehead atoms. The van der Waals surface area contributed by atoms with Gasteiger partial charge in [-0.15, -0.1) is 0 Å². The zero-order valence-electron chi connectivity index (χ0n) is 35.0. The highest BCUT2D eigenvalue weighted by molar-refractivity contribution is 6.70. The van der Waals surface area contributed by atoms with Crippen LogP contribution in [0, 0.1) is 59.2 Å². The summed E-state index contributed by atoms with van der Waals surface area (Å²) in [6.07, 6.45) is -5.84. The first-order valence-corrected chi connectivity index (χ1v) is 27.0. The Bertz CT molecular complexity index is 1020. The lowest BCUT2D eigenvalue weighted by Gasteiger charge is -2.45. The van der Waals surface area contributed by atoms with E-state index in [1.54, 1.807) is 0 Å². The second-order valence-corrected chi connectivity index (χ2v) is 28.3. The summed E-state index contributed by atoms with van der Waals surface area (Å²) in [5.74, 6) is -3.77. The normalized spacial score (nSPS) is 29.2. The van der Waals surface area contributed by atoms with E-state index in [1.165, 1.54) is 0 Å². The zero-order valence-corrected chi connectivity index (χ0v) is 37.0. The number of aliphatic imine (C=N–C) groups is 2. The Morgan fingerprint density at radius 3 is 0.962 bits per heavy atom. The van der Waals surface area contributed by atoms with E-state index in [0.717, 1.165) is 11.4 Å². The summed E-state index contributed by atoms with van der Waals surface area (Å²) in [6, 6.07) is -0.615. The van der Waals surface area contributed by atoms with Crippen LogP contribution in [0.5, 0.6) is 0 Å². The molecule has 52 heavy (non-hydrogen) atoms. The molecule has 0 radical (unpaired) electrons. The number of halogens is 6. The predicted molar refractivity (Wildman–Crippen MR) is 210 cm³/mol. The molecule has 0 heterocycles. The van der Waals surface area contributed by atoms with Crippen LogP contribution in [-0.4, -0.2) is 65.7 Å². The van der Waals surface area contributed by atoms with Gasteiger partial charge in [0, 0.05) is 13.2 Å². The highest BCUT2D eigenvalue weighted by Crippen LogP contribution is 2.50. The van der Waals surface area contributed by atoms with Crippen molar-refractivity contribution in [2.75, 3.05) is 13.2 Å². The van der Waals surface area contributed by atoms with E-state index in [2.05, 4.69) is 39.3 Å². The highest BCUT2D eigenvalue weighted by Gasteiger charge is 2.51. The molecule has 0 aromatic carbocycles. The zero-order chi connectivity index (χ0) is 40.0. The number of nitrogens with zero attached hydrogens (tertiary/aromatic N) is 2. The molecule has 0 aliphatic heterocycles. The van der Waals surface area contributed by atoms with Crippen molar-refractivity contribution in [2.24, 2.45) is 69.2 Å². The highest BCUT2D eigenvalue weighted by atomic mass is 28.4. The summed E-state index contributed by atoms with van der Waals surface area (Å²) >= 11 is 0. The Kier molecular flexibility index (Phi) is 17.7. The summed E-state index contributed by atoms with van der Waals surface area (Å²) in [6.45, 7) is 30.0. The molecular weight excluding hydrogens is 711 g/mol. The quantitative estimate of drug-likeness (QED) is 0.0638. The van der Waals surface area contributed by atoms with E-state index in [0.29, 0.717) is 38.9 Å². The lowest BCUT2D eigenvalue weighted by atomic mass is 9.64. The minimum Gasteiger partial charge on any atom is -0.418 e. The average Bonchev–Trinajstić information content (AvgIpc) is 2.97. The first-order valence-electron chi connectivity index (χ1n) is 20.2. The van der Waals surface area contributed by atoms with Crippen molar-refractivity contribution in [3.8, 4) is 0 Å². The summed E-state index contributed by atoms with van der Waals surface area (Å²) in [4.78, 5) is 11.1. The fourth-order valence-corrected chi connectivity index (χ4v) is 9.96. The van der Waals surface area contributed by atoms with E-state index < -0.39 is 40.8 Å². The van der Waals surface area contributed by atoms with Crippen molar-refractivity contribution < 1.29 is 35.2 Å². The molecule has 4 nitrogen and oxygen atoms in total. The smallest absolute Gasteiger partial charge is 0.391 e. The lowest BCUT2D eigenvalue weighted by Crippen LogP contribution is -2.46. The van der Waals surface area contributed by atoms with Gasteiger partial charge in [0.2, 0.25) is 0 Å². The van der Waals surface area contributed by atoms with Crippen LogP contribution >= 0.6 is 0 Å². The van der Waals surface area contributed by atoms with Gasteiger partial charge in [-0.05, 0) is 138 Å². The van der Waals surface area contributed by atoms with Crippen LogP contribution in [0.3, 0.4) is 0 Å². The van der Waals surface area contributed by atoms with Gasteiger partial charge < -0.3 is 8.85 Å². The minimum absolute atomic E-state index is 0.00422. The monoisotopic (exact) mass is 785 g/mol. The fraction of sp³-hybridized carbons (Fsp3) is 0.950. The number of hydrogen-bond acceptors (Lipinski definition) is 4. The van der Waals surface area contributed by atoms with Crippen molar-refractivity contribution in [2.45, 2.75) is 170 Å². The van der Waals surface area contributed by atoms with Gasteiger partial charge in [-0.1, -0.05) is 55.4 Å². The van der Waals surface area contributed by atoms with Gasteiger partial charge in [0.1, 0.15) is 0 Å².